The van der Waals surface area contributed by atoms with Crippen molar-refractivity contribution in [1.82, 2.24) is 4.90 Å². The summed E-state index contributed by atoms with van der Waals surface area (Å²) in [6, 6.07) is 9.38. The standard InChI is InChI=1S/C21H29NO4/c1-16-6-5-9-18(14-16)26-15-19(23)22-12-10-21(11-13-22,20(24)25)17-7-3-2-4-8-17/h2-4,7-8,16,18H,5-6,9-15H2,1H3,(H,24,25)/t16-,18-/m0/s1. The number of carboxylic acid groups (broad SMARTS) is 1. The molecule has 5 heteroatoms. The molecular formula is C21H29NO4. The van der Waals surface area contributed by atoms with Crippen molar-refractivity contribution in [2.75, 3.05) is 19.7 Å². The van der Waals surface area contributed by atoms with E-state index < -0.39 is 11.4 Å². The molecule has 2 aliphatic rings. The van der Waals surface area contributed by atoms with Crippen LogP contribution < -0.4 is 0 Å². The summed E-state index contributed by atoms with van der Waals surface area (Å²) < 4.78 is 5.84. The van der Waals surface area contributed by atoms with Gasteiger partial charge in [-0.2, -0.15) is 0 Å². The van der Waals surface area contributed by atoms with Crippen LogP contribution in [0.25, 0.3) is 0 Å². The number of amides is 1. The zero-order valence-corrected chi connectivity index (χ0v) is 15.5. The Bertz CT molecular complexity index is 622. The predicted molar refractivity (Wildman–Crippen MR) is 98.9 cm³/mol. The van der Waals surface area contributed by atoms with Crippen LogP contribution in [0, 0.1) is 5.92 Å². The van der Waals surface area contributed by atoms with Crippen LogP contribution in [0.3, 0.4) is 0 Å². The van der Waals surface area contributed by atoms with Crippen LogP contribution >= 0.6 is 0 Å². The Hall–Kier alpha value is -1.88. The van der Waals surface area contributed by atoms with E-state index in [0.29, 0.717) is 31.8 Å². The molecule has 1 saturated heterocycles. The fourth-order valence-corrected chi connectivity index (χ4v) is 4.33. The lowest BCUT2D eigenvalue weighted by Crippen LogP contribution is -2.50. The molecule has 1 amide bonds. The second-order valence-corrected chi connectivity index (χ2v) is 7.84. The van der Waals surface area contributed by atoms with Crippen molar-refractivity contribution in [2.24, 2.45) is 5.92 Å². The maximum Gasteiger partial charge on any atom is 0.314 e. The summed E-state index contributed by atoms with van der Waals surface area (Å²) in [7, 11) is 0. The largest absolute Gasteiger partial charge is 0.481 e. The van der Waals surface area contributed by atoms with Crippen LogP contribution in [0.15, 0.2) is 30.3 Å². The second kappa shape index (κ2) is 8.21. The number of hydrogen-bond donors (Lipinski definition) is 1. The van der Waals surface area contributed by atoms with E-state index >= 15 is 0 Å². The Labute approximate surface area is 155 Å². The highest BCUT2D eigenvalue weighted by Crippen LogP contribution is 2.36. The SMILES string of the molecule is C[C@H]1CCC[C@H](OCC(=O)N2CCC(C(=O)O)(c3ccccc3)CC2)C1. The number of aliphatic carboxylic acids is 1. The fourth-order valence-electron chi connectivity index (χ4n) is 4.33. The third-order valence-electron chi connectivity index (χ3n) is 6.04. The summed E-state index contributed by atoms with van der Waals surface area (Å²) >= 11 is 0. The number of rotatable bonds is 5. The van der Waals surface area contributed by atoms with Gasteiger partial charge in [0.1, 0.15) is 6.61 Å². The fraction of sp³-hybridized carbons (Fsp3) is 0.619. The van der Waals surface area contributed by atoms with Crippen molar-refractivity contribution in [3.63, 3.8) is 0 Å². The van der Waals surface area contributed by atoms with Gasteiger partial charge in [0, 0.05) is 13.1 Å². The van der Waals surface area contributed by atoms with Crippen LogP contribution in [-0.4, -0.2) is 47.7 Å². The predicted octanol–water partition coefficient (Wildman–Crippen LogP) is 3.23. The van der Waals surface area contributed by atoms with Gasteiger partial charge < -0.3 is 14.7 Å². The molecule has 3 rings (SSSR count). The number of benzene rings is 1. The van der Waals surface area contributed by atoms with Gasteiger partial charge >= 0.3 is 5.97 Å². The molecule has 0 bridgehead atoms. The lowest BCUT2D eigenvalue weighted by molar-refractivity contribution is -0.150. The molecule has 0 unspecified atom stereocenters. The van der Waals surface area contributed by atoms with Gasteiger partial charge in [-0.15, -0.1) is 0 Å². The van der Waals surface area contributed by atoms with Crippen molar-refractivity contribution in [3.05, 3.63) is 35.9 Å². The van der Waals surface area contributed by atoms with Gasteiger partial charge in [-0.3, -0.25) is 9.59 Å². The molecule has 1 aliphatic heterocycles. The van der Waals surface area contributed by atoms with Gasteiger partial charge in [0.05, 0.1) is 11.5 Å². The number of ether oxygens (including phenoxy) is 1. The van der Waals surface area contributed by atoms with Crippen molar-refractivity contribution in [3.8, 4) is 0 Å². The van der Waals surface area contributed by atoms with E-state index in [1.54, 1.807) is 4.90 Å². The average molecular weight is 359 g/mol. The summed E-state index contributed by atoms with van der Waals surface area (Å²) in [6.07, 6.45) is 5.56. The molecule has 1 saturated carbocycles. The lowest BCUT2D eigenvalue weighted by Gasteiger charge is -2.39. The summed E-state index contributed by atoms with van der Waals surface area (Å²) in [4.78, 5) is 26.2. The maximum absolute atomic E-state index is 12.5. The van der Waals surface area contributed by atoms with Gasteiger partial charge in [-0.25, -0.2) is 0 Å². The number of carbonyl (C=O) groups is 2. The van der Waals surface area contributed by atoms with E-state index in [1.807, 2.05) is 30.3 Å². The molecule has 2 fully saturated rings. The normalized spacial score (nSPS) is 25.7. The first-order chi connectivity index (χ1) is 12.5. The first-order valence-corrected chi connectivity index (χ1v) is 9.69. The Morgan fingerprint density at radius 1 is 1.19 bits per heavy atom. The molecule has 1 aliphatic carbocycles. The van der Waals surface area contributed by atoms with Crippen molar-refractivity contribution in [1.29, 1.82) is 0 Å². The Morgan fingerprint density at radius 3 is 2.50 bits per heavy atom. The van der Waals surface area contributed by atoms with Crippen LogP contribution in [0.1, 0.15) is 51.0 Å². The Kier molecular flexibility index (Phi) is 5.97. The van der Waals surface area contributed by atoms with Gasteiger partial charge in [0.2, 0.25) is 5.91 Å². The minimum absolute atomic E-state index is 0.0183. The average Bonchev–Trinajstić information content (AvgIpc) is 2.67. The van der Waals surface area contributed by atoms with E-state index in [1.165, 1.54) is 12.8 Å². The molecule has 142 valence electrons. The van der Waals surface area contributed by atoms with Crippen LogP contribution in [-0.2, 0) is 19.7 Å². The van der Waals surface area contributed by atoms with Crippen molar-refractivity contribution in [2.45, 2.75) is 57.0 Å². The second-order valence-electron chi connectivity index (χ2n) is 7.84. The molecule has 2 atom stereocenters. The van der Waals surface area contributed by atoms with E-state index in [2.05, 4.69) is 6.92 Å². The highest BCUT2D eigenvalue weighted by atomic mass is 16.5. The molecule has 26 heavy (non-hydrogen) atoms. The van der Waals surface area contributed by atoms with E-state index in [-0.39, 0.29) is 18.6 Å². The van der Waals surface area contributed by atoms with E-state index in [9.17, 15) is 14.7 Å². The summed E-state index contributed by atoms with van der Waals surface area (Å²) in [5.41, 5.74) is -0.0652. The Balaban J connectivity index is 1.55. The van der Waals surface area contributed by atoms with Gasteiger partial charge in [-0.1, -0.05) is 50.1 Å². The number of nitrogens with zero attached hydrogens (tertiary/aromatic N) is 1. The number of hydrogen-bond acceptors (Lipinski definition) is 3. The zero-order chi connectivity index (χ0) is 18.6. The van der Waals surface area contributed by atoms with Crippen LogP contribution in [0.2, 0.25) is 0 Å². The van der Waals surface area contributed by atoms with Gasteiger partial charge in [-0.05, 0) is 37.2 Å². The summed E-state index contributed by atoms with van der Waals surface area (Å²) in [5, 5.41) is 9.84. The number of carbonyl (C=O) groups excluding carboxylic acids is 1. The molecule has 1 aromatic rings. The quantitative estimate of drug-likeness (QED) is 0.876. The van der Waals surface area contributed by atoms with Crippen molar-refractivity contribution >= 4 is 11.9 Å². The smallest absolute Gasteiger partial charge is 0.314 e. The van der Waals surface area contributed by atoms with E-state index in [4.69, 9.17) is 4.74 Å². The molecule has 1 aromatic carbocycles. The molecular weight excluding hydrogens is 330 g/mol. The first kappa shape index (κ1) is 18.9. The lowest BCUT2D eigenvalue weighted by atomic mass is 9.73. The van der Waals surface area contributed by atoms with Crippen molar-refractivity contribution < 1.29 is 19.4 Å². The third-order valence-corrected chi connectivity index (χ3v) is 6.04. The van der Waals surface area contributed by atoms with Gasteiger partial charge in [0.25, 0.3) is 0 Å². The van der Waals surface area contributed by atoms with Crippen LogP contribution in [0.5, 0.6) is 0 Å². The first-order valence-electron chi connectivity index (χ1n) is 9.69. The minimum atomic E-state index is -0.891. The highest BCUT2D eigenvalue weighted by Gasteiger charge is 2.43. The maximum atomic E-state index is 12.5. The monoisotopic (exact) mass is 359 g/mol. The number of carboxylic acids is 1. The molecule has 5 nitrogen and oxygen atoms in total. The molecule has 1 heterocycles. The molecule has 0 aromatic heterocycles. The highest BCUT2D eigenvalue weighted by molar-refractivity contribution is 5.83. The zero-order valence-electron chi connectivity index (χ0n) is 15.5. The van der Waals surface area contributed by atoms with E-state index in [0.717, 1.165) is 18.4 Å². The number of likely N-dealkylation sites (tertiary alicyclic amines) is 1. The minimum Gasteiger partial charge on any atom is -0.481 e. The molecule has 0 radical (unpaired) electrons. The summed E-state index contributed by atoms with van der Waals surface area (Å²) in [6.45, 7) is 3.27. The Morgan fingerprint density at radius 2 is 1.88 bits per heavy atom. The topological polar surface area (TPSA) is 66.8 Å². The number of piperidine rings is 1. The molecule has 0 spiro atoms. The third kappa shape index (κ3) is 4.09. The molecule has 1 N–H and O–H groups in total. The summed E-state index contributed by atoms with van der Waals surface area (Å²) in [5.74, 6) is -0.153. The van der Waals surface area contributed by atoms with Gasteiger partial charge in [0.15, 0.2) is 0 Å². The van der Waals surface area contributed by atoms with Crippen LogP contribution in [0.4, 0.5) is 0 Å².